The SMILES string of the molecule is CC(CC(=O)O)Cn1nnnc1-c1ccc(F)c(Cl)c1. The first-order chi connectivity index (χ1) is 9.47. The minimum Gasteiger partial charge on any atom is -0.481 e. The number of carboxylic acid groups (broad SMARTS) is 1. The fraction of sp³-hybridized carbons (Fsp3) is 0.333. The highest BCUT2D eigenvalue weighted by molar-refractivity contribution is 6.31. The Bertz CT molecular complexity index is 632. The van der Waals surface area contributed by atoms with Crippen molar-refractivity contribution in [3.05, 3.63) is 29.0 Å². The first-order valence-electron chi connectivity index (χ1n) is 5.90. The van der Waals surface area contributed by atoms with Crippen molar-refractivity contribution in [3.8, 4) is 11.4 Å². The monoisotopic (exact) mass is 298 g/mol. The molecule has 6 nitrogen and oxygen atoms in total. The maximum atomic E-state index is 13.1. The van der Waals surface area contributed by atoms with Crippen LogP contribution < -0.4 is 0 Å². The molecule has 0 fully saturated rings. The number of rotatable bonds is 5. The number of aromatic nitrogens is 4. The van der Waals surface area contributed by atoms with Gasteiger partial charge in [0.25, 0.3) is 0 Å². The van der Waals surface area contributed by atoms with E-state index >= 15 is 0 Å². The van der Waals surface area contributed by atoms with E-state index in [-0.39, 0.29) is 17.4 Å². The number of halogens is 2. The normalized spacial score (nSPS) is 12.3. The largest absolute Gasteiger partial charge is 0.481 e. The van der Waals surface area contributed by atoms with Crippen LogP contribution in [-0.2, 0) is 11.3 Å². The molecule has 0 aliphatic rings. The van der Waals surface area contributed by atoms with Gasteiger partial charge in [-0.1, -0.05) is 18.5 Å². The Balaban J connectivity index is 2.23. The molecule has 1 atom stereocenters. The van der Waals surface area contributed by atoms with Crippen molar-refractivity contribution in [3.63, 3.8) is 0 Å². The third kappa shape index (κ3) is 3.30. The first-order valence-corrected chi connectivity index (χ1v) is 6.28. The van der Waals surface area contributed by atoms with Crippen LogP contribution in [0.2, 0.25) is 5.02 Å². The summed E-state index contributed by atoms with van der Waals surface area (Å²) in [7, 11) is 0. The highest BCUT2D eigenvalue weighted by Gasteiger charge is 2.15. The number of carbonyl (C=O) groups is 1. The molecule has 0 saturated carbocycles. The van der Waals surface area contributed by atoms with Crippen LogP contribution in [0.25, 0.3) is 11.4 Å². The van der Waals surface area contributed by atoms with Crippen LogP contribution in [0.15, 0.2) is 18.2 Å². The summed E-state index contributed by atoms with van der Waals surface area (Å²) in [4.78, 5) is 10.7. The van der Waals surface area contributed by atoms with E-state index in [1.807, 2.05) is 0 Å². The van der Waals surface area contributed by atoms with Crippen LogP contribution in [0, 0.1) is 11.7 Å². The number of carboxylic acids is 1. The van der Waals surface area contributed by atoms with Crippen LogP contribution in [0.4, 0.5) is 4.39 Å². The van der Waals surface area contributed by atoms with Crippen LogP contribution in [0.1, 0.15) is 13.3 Å². The van der Waals surface area contributed by atoms with Gasteiger partial charge in [-0.2, -0.15) is 0 Å². The number of tetrazole rings is 1. The summed E-state index contributed by atoms with van der Waals surface area (Å²) in [5, 5.41) is 20.0. The molecule has 0 aliphatic heterocycles. The Labute approximate surface area is 119 Å². The molecule has 2 aromatic rings. The maximum absolute atomic E-state index is 13.1. The molecule has 106 valence electrons. The van der Waals surface area contributed by atoms with Gasteiger partial charge in [0.2, 0.25) is 0 Å². The highest BCUT2D eigenvalue weighted by Crippen LogP contribution is 2.23. The fourth-order valence-corrected chi connectivity index (χ4v) is 2.01. The van der Waals surface area contributed by atoms with E-state index in [1.165, 1.54) is 22.9 Å². The number of benzene rings is 1. The lowest BCUT2D eigenvalue weighted by atomic mass is 10.1. The topological polar surface area (TPSA) is 80.9 Å². The Kier molecular flexibility index (Phi) is 4.29. The van der Waals surface area contributed by atoms with E-state index in [1.54, 1.807) is 6.92 Å². The second kappa shape index (κ2) is 5.96. The summed E-state index contributed by atoms with van der Waals surface area (Å²) in [6.07, 6.45) is 0.0173. The molecule has 2 rings (SSSR count). The molecule has 8 heteroatoms. The Morgan fingerprint density at radius 2 is 2.30 bits per heavy atom. The predicted octanol–water partition coefficient (Wildman–Crippen LogP) is 2.24. The van der Waals surface area contributed by atoms with E-state index < -0.39 is 11.8 Å². The Morgan fingerprint density at radius 3 is 2.95 bits per heavy atom. The lowest BCUT2D eigenvalue weighted by molar-refractivity contribution is -0.138. The quantitative estimate of drug-likeness (QED) is 0.915. The summed E-state index contributed by atoms with van der Waals surface area (Å²) >= 11 is 5.73. The van der Waals surface area contributed by atoms with Crippen molar-refractivity contribution >= 4 is 17.6 Å². The lowest BCUT2D eigenvalue weighted by Crippen LogP contribution is -2.14. The van der Waals surface area contributed by atoms with Gasteiger partial charge >= 0.3 is 5.97 Å². The minimum atomic E-state index is -0.878. The highest BCUT2D eigenvalue weighted by atomic mass is 35.5. The summed E-state index contributed by atoms with van der Waals surface area (Å²) < 4.78 is 14.6. The number of hydrogen-bond acceptors (Lipinski definition) is 4. The zero-order valence-corrected chi connectivity index (χ0v) is 11.4. The van der Waals surface area contributed by atoms with Gasteiger partial charge in [0, 0.05) is 18.5 Å². The predicted molar refractivity (Wildman–Crippen MR) is 69.6 cm³/mol. The molecule has 0 aliphatic carbocycles. The summed E-state index contributed by atoms with van der Waals surface area (Å²) in [5.41, 5.74) is 0.573. The molecule has 1 aromatic carbocycles. The molecule has 1 aromatic heterocycles. The Morgan fingerprint density at radius 1 is 1.55 bits per heavy atom. The van der Waals surface area contributed by atoms with E-state index in [0.29, 0.717) is 17.9 Å². The van der Waals surface area contributed by atoms with Crippen LogP contribution in [0.3, 0.4) is 0 Å². The third-order valence-electron chi connectivity index (χ3n) is 2.72. The van der Waals surface area contributed by atoms with E-state index in [0.717, 1.165) is 0 Å². The summed E-state index contributed by atoms with van der Waals surface area (Å²) in [6.45, 7) is 2.14. The van der Waals surface area contributed by atoms with Gasteiger partial charge < -0.3 is 5.11 Å². The molecule has 1 unspecified atom stereocenters. The van der Waals surface area contributed by atoms with E-state index in [2.05, 4.69) is 15.5 Å². The minimum absolute atomic E-state index is 0.0173. The van der Waals surface area contributed by atoms with Crippen molar-refractivity contribution in [1.82, 2.24) is 20.2 Å². The van der Waals surface area contributed by atoms with Gasteiger partial charge in [-0.3, -0.25) is 4.79 Å². The van der Waals surface area contributed by atoms with Gasteiger partial charge in [0.1, 0.15) is 5.82 Å². The van der Waals surface area contributed by atoms with Gasteiger partial charge in [-0.15, -0.1) is 5.10 Å². The molecular formula is C12H12ClFN4O2. The second-order valence-corrected chi connectivity index (χ2v) is 4.92. The second-order valence-electron chi connectivity index (χ2n) is 4.52. The van der Waals surface area contributed by atoms with Gasteiger partial charge in [-0.05, 0) is 34.5 Å². The molecular weight excluding hydrogens is 287 g/mol. The zero-order valence-electron chi connectivity index (χ0n) is 10.6. The summed E-state index contributed by atoms with van der Waals surface area (Å²) in [5.74, 6) is -1.11. The molecule has 0 radical (unpaired) electrons. The molecule has 0 saturated heterocycles. The standard InChI is InChI=1S/C12H12ClFN4O2/c1-7(4-11(19)20)6-18-12(15-16-17-18)8-2-3-10(14)9(13)5-8/h2-3,5,7H,4,6H2,1H3,(H,19,20). The van der Waals surface area contributed by atoms with Crippen molar-refractivity contribution in [2.75, 3.05) is 0 Å². The van der Waals surface area contributed by atoms with E-state index in [9.17, 15) is 9.18 Å². The fourth-order valence-electron chi connectivity index (χ4n) is 1.83. The van der Waals surface area contributed by atoms with Crippen LogP contribution >= 0.6 is 11.6 Å². The van der Waals surface area contributed by atoms with Crippen LogP contribution in [-0.4, -0.2) is 31.3 Å². The van der Waals surface area contributed by atoms with Gasteiger partial charge in [-0.25, -0.2) is 9.07 Å². The third-order valence-corrected chi connectivity index (χ3v) is 3.01. The maximum Gasteiger partial charge on any atom is 0.303 e. The van der Waals surface area contributed by atoms with Crippen molar-refractivity contribution in [2.24, 2.45) is 5.92 Å². The molecule has 20 heavy (non-hydrogen) atoms. The zero-order chi connectivity index (χ0) is 14.7. The molecule has 0 amide bonds. The van der Waals surface area contributed by atoms with Gasteiger partial charge in [0.15, 0.2) is 5.82 Å². The molecule has 0 bridgehead atoms. The smallest absolute Gasteiger partial charge is 0.303 e. The van der Waals surface area contributed by atoms with Gasteiger partial charge in [0.05, 0.1) is 5.02 Å². The molecule has 1 heterocycles. The van der Waals surface area contributed by atoms with E-state index in [4.69, 9.17) is 16.7 Å². The molecule has 1 N–H and O–H groups in total. The average molecular weight is 299 g/mol. The van der Waals surface area contributed by atoms with Crippen LogP contribution in [0.5, 0.6) is 0 Å². The number of nitrogens with zero attached hydrogens (tertiary/aromatic N) is 4. The summed E-state index contributed by atoms with van der Waals surface area (Å²) in [6, 6.07) is 4.18. The average Bonchev–Trinajstić information content (AvgIpc) is 2.79. The number of aliphatic carboxylic acids is 1. The first kappa shape index (κ1) is 14.4. The Hall–Kier alpha value is -2.02. The van der Waals surface area contributed by atoms with Crippen molar-refractivity contribution in [1.29, 1.82) is 0 Å². The van der Waals surface area contributed by atoms with Crippen molar-refractivity contribution in [2.45, 2.75) is 19.9 Å². The molecule has 0 spiro atoms. The van der Waals surface area contributed by atoms with Crippen molar-refractivity contribution < 1.29 is 14.3 Å². The lowest BCUT2D eigenvalue weighted by Gasteiger charge is -2.10. The number of hydrogen-bond donors (Lipinski definition) is 1.